The van der Waals surface area contributed by atoms with Gasteiger partial charge >= 0.3 is 6.18 Å². The average molecular weight is 238 g/mol. The van der Waals surface area contributed by atoms with Gasteiger partial charge in [0.1, 0.15) is 10.9 Å². The largest absolute Gasteiger partial charge is 0.417 e. The second-order valence-corrected chi connectivity index (χ2v) is 3.41. The number of alkyl halides is 3. The van der Waals surface area contributed by atoms with Gasteiger partial charge in [0.05, 0.1) is 5.56 Å². The molecule has 0 unspecified atom stereocenters. The molecule has 0 radical (unpaired) electrons. The van der Waals surface area contributed by atoms with Crippen LogP contribution in [-0.2, 0) is 17.4 Å². The van der Waals surface area contributed by atoms with Crippen LogP contribution in [-0.4, -0.2) is 10.8 Å². The lowest BCUT2D eigenvalue weighted by Crippen LogP contribution is -2.08. The fourth-order valence-corrected chi connectivity index (χ4v) is 1.21. The molecular formula is C9H7ClF3NO. The minimum atomic E-state index is -4.47. The lowest BCUT2D eigenvalue weighted by molar-refractivity contribution is -0.138. The molecule has 0 aliphatic rings. The van der Waals surface area contributed by atoms with Crippen LogP contribution >= 0.6 is 11.6 Å². The Balaban J connectivity index is 3.11. The average Bonchev–Trinajstić information content (AvgIpc) is 2.06. The lowest BCUT2D eigenvalue weighted by atomic mass is 10.1. The number of rotatable bonds is 2. The van der Waals surface area contributed by atoms with E-state index in [1.807, 2.05) is 0 Å². The van der Waals surface area contributed by atoms with E-state index < -0.39 is 11.7 Å². The van der Waals surface area contributed by atoms with Gasteiger partial charge in [-0.2, -0.15) is 13.2 Å². The number of aromatic nitrogens is 1. The van der Waals surface area contributed by atoms with Crippen LogP contribution in [0.1, 0.15) is 18.1 Å². The van der Waals surface area contributed by atoms with Gasteiger partial charge in [-0.05, 0) is 18.6 Å². The Bertz CT molecular complexity index is 389. The molecule has 15 heavy (non-hydrogen) atoms. The highest BCUT2D eigenvalue weighted by Crippen LogP contribution is 2.30. The van der Waals surface area contributed by atoms with E-state index in [9.17, 15) is 18.0 Å². The molecule has 0 spiro atoms. The van der Waals surface area contributed by atoms with Crippen LogP contribution in [0, 0.1) is 0 Å². The number of hydrogen-bond donors (Lipinski definition) is 0. The second kappa shape index (κ2) is 4.18. The number of carbonyl (C=O) groups excluding carboxylic acids is 1. The predicted octanol–water partition coefficient (Wildman–Crippen LogP) is 2.89. The Morgan fingerprint density at radius 3 is 2.60 bits per heavy atom. The van der Waals surface area contributed by atoms with Crippen LogP contribution in [0.2, 0.25) is 5.15 Å². The van der Waals surface area contributed by atoms with Crippen molar-refractivity contribution in [3.8, 4) is 0 Å². The van der Waals surface area contributed by atoms with Crippen molar-refractivity contribution in [2.24, 2.45) is 0 Å². The molecule has 0 bridgehead atoms. The van der Waals surface area contributed by atoms with Crippen molar-refractivity contribution in [2.45, 2.75) is 19.5 Å². The third-order valence-corrected chi connectivity index (χ3v) is 2.02. The van der Waals surface area contributed by atoms with E-state index in [0.29, 0.717) is 6.20 Å². The quantitative estimate of drug-likeness (QED) is 0.741. The molecule has 0 saturated carbocycles. The normalized spacial score (nSPS) is 11.5. The van der Waals surface area contributed by atoms with E-state index in [-0.39, 0.29) is 22.9 Å². The monoisotopic (exact) mass is 237 g/mol. The van der Waals surface area contributed by atoms with Gasteiger partial charge in [0.15, 0.2) is 0 Å². The van der Waals surface area contributed by atoms with Crippen LogP contribution < -0.4 is 0 Å². The maximum absolute atomic E-state index is 12.3. The summed E-state index contributed by atoms with van der Waals surface area (Å²) < 4.78 is 36.8. The van der Waals surface area contributed by atoms with Crippen molar-refractivity contribution >= 4 is 17.4 Å². The Labute approximate surface area is 89.1 Å². The highest BCUT2D eigenvalue weighted by atomic mass is 35.5. The van der Waals surface area contributed by atoms with Gasteiger partial charge in [-0.15, -0.1) is 0 Å². The number of Topliss-reactive ketones (excluding diaryl/α,β-unsaturated/α-hetero) is 1. The molecule has 0 N–H and O–H groups in total. The van der Waals surface area contributed by atoms with Crippen LogP contribution in [0.25, 0.3) is 0 Å². The lowest BCUT2D eigenvalue weighted by Gasteiger charge is -2.08. The molecule has 6 heteroatoms. The fraction of sp³-hybridized carbons (Fsp3) is 0.333. The van der Waals surface area contributed by atoms with Crippen LogP contribution in [0.15, 0.2) is 12.3 Å². The summed E-state index contributed by atoms with van der Waals surface area (Å²) in [7, 11) is 0. The third kappa shape index (κ3) is 3.20. The molecule has 0 amide bonds. The molecule has 82 valence electrons. The first-order chi connectivity index (χ1) is 6.80. The summed E-state index contributed by atoms with van der Waals surface area (Å²) in [5.41, 5.74) is -0.804. The van der Waals surface area contributed by atoms with Gasteiger partial charge in [-0.1, -0.05) is 11.6 Å². The SMILES string of the molecule is CC(=O)Cc1cc(C(F)(F)F)cnc1Cl. The zero-order valence-electron chi connectivity index (χ0n) is 7.73. The highest BCUT2D eigenvalue weighted by molar-refractivity contribution is 6.30. The van der Waals surface area contributed by atoms with Gasteiger partial charge in [-0.3, -0.25) is 4.79 Å². The smallest absolute Gasteiger partial charge is 0.300 e. The number of ketones is 1. The molecule has 1 aromatic heterocycles. The number of carbonyl (C=O) groups is 1. The first-order valence-electron chi connectivity index (χ1n) is 4.01. The molecular weight excluding hydrogens is 231 g/mol. The molecule has 1 aromatic rings. The van der Waals surface area contributed by atoms with E-state index in [1.54, 1.807) is 0 Å². The molecule has 1 heterocycles. The van der Waals surface area contributed by atoms with E-state index >= 15 is 0 Å². The Hall–Kier alpha value is -1.10. The Morgan fingerprint density at radius 1 is 1.53 bits per heavy atom. The zero-order chi connectivity index (χ0) is 11.6. The van der Waals surface area contributed by atoms with E-state index in [4.69, 9.17) is 11.6 Å². The van der Waals surface area contributed by atoms with E-state index in [1.165, 1.54) is 6.92 Å². The summed E-state index contributed by atoms with van der Waals surface area (Å²) in [4.78, 5) is 14.2. The van der Waals surface area contributed by atoms with E-state index in [2.05, 4.69) is 4.98 Å². The molecule has 0 aliphatic carbocycles. The van der Waals surface area contributed by atoms with Crippen molar-refractivity contribution in [2.75, 3.05) is 0 Å². The van der Waals surface area contributed by atoms with E-state index in [0.717, 1.165) is 6.07 Å². The van der Waals surface area contributed by atoms with Gasteiger partial charge < -0.3 is 0 Å². The number of pyridine rings is 1. The molecule has 0 fully saturated rings. The summed E-state index contributed by atoms with van der Waals surface area (Å²) in [6.45, 7) is 1.27. The molecule has 1 rings (SSSR count). The molecule has 0 saturated heterocycles. The molecule has 0 atom stereocenters. The Morgan fingerprint density at radius 2 is 2.13 bits per heavy atom. The molecule has 0 aromatic carbocycles. The first-order valence-corrected chi connectivity index (χ1v) is 4.39. The van der Waals surface area contributed by atoms with Gasteiger partial charge in [0.2, 0.25) is 0 Å². The van der Waals surface area contributed by atoms with Crippen molar-refractivity contribution < 1.29 is 18.0 Å². The fourth-order valence-electron chi connectivity index (χ4n) is 1.04. The molecule has 2 nitrogen and oxygen atoms in total. The minimum Gasteiger partial charge on any atom is -0.300 e. The van der Waals surface area contributed by atoms with Gasteiger partial charge in [-0.25, -0.2) is 4.98 Å². The van der Waals surface area contributed by atoms with Crippen molar-refractivity contribution in [1.82, 2.24) is 4.98 Å². The van der Waals surface area contributed by atoms with Crippen LogP contribution in [0.5, 0.6) is 0 Å². The predicted molar refractivity (Wildman–Crippen MR) is 48.6 cm³/mol. The second-order valence-electron chi connectivity index (χ2n) is 3.05. The van der Waals surface area contributed by atoms with Gasteiger partial charge in [0, 0.05) is 12.6 Å². The van der Waals surface area contributed by atoms with Gasteiger partial charge in [0.25, 0.3) is 0 Å². The number of hydrogen-bond acceptors (Lipinski definition) is 2. The summed E-state index contributed by atoms with van der Waals surface area (Å²) in [5.74, 6) is -0.266. The van der Waals surface area contributed by atoms with Crippen molar-refractivity contribution in [3.05, 3.63) is 28.5 Å². The summed E-state index contributed by atoms with van der Waals surface area (Å²) in [6, 6.07) is 0.844. The summed E-state index contributed by atoms with van der Waals surface area (Å²) >= 11 is 5.56. The standard InChI is InChI=1S/C9H7ClF3NO/c1-5(15)2-6-3-7(9(11,12)13)4-14-8(6)10/h3-4H,2H2,1H3. The van der Waals surface area contributed by atoms with Crippen molar-refractivity contribution in [3.63, 3.8) is 0 Å². The summed E-state index contributed by atoms with van der Waals surface area (Å²) in [5, 5.41) is -0.0711. The number of halogens is 4. The maximum Gasteiger partial charge on any atom is 0.417 e. The summed E-state index contributed by atoms with van der Waals surface area (Å²) in [6.07, 6.45) is -3.97. The first kappa shape index (κ1) is 12.0. The maximum atomic E-state index is 12.3. The molecule has 0 aliphatic heterocycles. The van der Waals surface area contributed by atoms with Crippen LogP contribution in [0.4, 0.5) is 13.2 Å². The number of nitrogens with zero attached hydrogens (tertiary/aromatic N) is 1. The van der Waals surface area contributed by atoms with Crippen LogP contribution in [0.3, 0.4) is 0 Å². The highest BCUT2D eigenvalue weighted by Gasteiger charge is 2.31. The third-order valence-electron chi connectivity index (χ3n) is 1.68. The topological polar surface area (TPSA) is 30.0 Å². The Kier molecular flexibility index (Phi) is 3.34. The minimum absolute atomic E-state index is 0.0711. The zero-order valence-corrected chi connectivity index (χ0v) is 8.49. The van der Waals surface area contributed by atoms with Crippen molar-refractivity contribution in [1.29, 1.82) is 0 Å².